The van der Waals surface area contributed by atoms with Crippen molar-refractivity contribution < 1.29 is 27.6 Å². The Bertz CT molecular complexity index is 1290. The first kappa shape index (κ1) is 17.1. The summed E-state index contributed by atoms with van der Waals surface area (Å²) in [6.45, 7) is -0.0588. The summed E-state index contributed by atoms with van der Waals surface area (Å²) < 4.78 is 27.2. The van der Waals surface area contributed by atoms with E-state index in [1.165, 1.54) is 0 Å². The molecule has 29 heavy (non-hydrogen) atoms. The molecule has 5 rings (SSSR count). The van der Waals surface area contributed by atoms with Gasteiger partial charge in [-0.15, -0.1) is 0 Å². The predicted octanol–water partition coefficient (Wildman–Crippen LogP) is 5.20. The lowest BCUT2D eigenvalue weighted by atomic mass is 10.2. The summed E-state index contributed by atoms with van der Waals surface area (Å²) in [5.74, 6) is 1.05. The van der Waals surface area contributed by atoms with Gasteiger partial charge in [-0.1, -0.05) is 35.5 Å². The Morgan fingerprint density at radius 2 is 1.83 bits per heavy atom. The number of hydrogen-bond donors (Lipinski definition) is 0. The van der Waals surface area contributed by atoms with Gasteiger partial charge in [0.15, 0.2) is 17.1 Å². The maximum Gasteiger partial charge on any atom is 0.374 e. The van der Waals surface area contributed by atoms with Gasteiger partial charge in [-0.2, -0.15) is 0 Å². The number of fused-ring (bicyclic) bond motifs is 2. The van der Waals surface area contributed by atoms with Crippen LogP contribution in [-0.4, -0.2) is 18.2 Å². The minimum absolute atomic E-state index is 0.0588. The molecule has 0 saturated carbocycles. The number of carbonyl (C=O) groups excluding carboxylic acids is 1. The van der Waals surface area contributed by atoms with E-state index in [9.17, 15) is 4.79 Å². The van der Waals surface area contributed by atoms with E-state index in [-0.39, 0.29) is 12.4 Å². The molecule has 0 saturated heterocycles. The van der Waals surface area contributed by atoms with Crippen LogP contribution in [0.5, 0.6) is 5.75 Å². The summed E-state index contributed by atoms with van der Waals surface area (Å²) >= 11 is 0. The molecule has 3 heterocycles. The Hall–Kier alpha value is -4.00. The van der Waals surface area contributed by atoms with Crippen LogP contribution in [0, 0.1) is 0 Å². The number of para-hydroxylation sites is 2. The zero-order valence-corrected chi connectivity index (χ0v) is 15.4. The Morgan fingerprint density at radius 1 is 0.966 bits per heavy atom. The number of methoxy groups -OCH3 is 1. The largest absolute Gasteiger partial charge is 0.493 e. The smallest absolute Gasteiger partial charge is 0.374 e. The maximum absolute atomic E-state index is 12.3. The van der Waals surface area contributed by atoms with Crippen molar-refractivity contribution in [2.24, 2.45) is 0 Å². The van der Waals surface area contributed by atoms with Gasteiger partial charge in [0.25, 0.3) is 0 Å². The topological polar surface area (TPSA) is 87.8 Å². The maximum atomic E-state index is 12.3. The van der Waals surface area contributed by atoms with Crippen molar-refractivity contribution in [1.82, 2.24) is 5.16 Å². The van der Waals surface area contributed by atoms with Gasteiger partial charge in [-0.05, 0) is 24.3 Å². The lowest BCUT2D eigenvalue weighted by molar-refractivity contribution is 0.0430. The number of aromatic nitrogens is 1. The first-order valence-electron chi connectivity index (χ1n) is 8.89. The van der Waals surface area contributed by atoms with Crippen LogP contribution in [0.15, 0.2) is 74.0 Å². The Balaban J connectivity index is 1.31. The lowest BCUT2D eigenvalue weighted by Crippen LogP contribution is -2.03. The minimum Gasteiger partial charge on any atom is -0.493 e. The molecule has 0 bridgehead atoms. The highest BCUT2D eigenvalue weighted by Crippen LogP contribution is 2.30. The quantitative estimate of drug-likeness (QED) is 0.382. The molecule has 0 aliphatic carbocycles. The van der Waals surface area contributed by atoms with E-state index in [2.05, 4.69) is 5.16 Å². The van der Waals surface area contributed by atoms with E-state index >= 15 is 0 Å². The van der Waals surface area contributed by atoms with Crippen molar-refractivity contribution in [3.05, 3.63) is 72.1 Å². The number of benzene rings is 2. The van der Waals surface area contributed by atoms with E-state index in [0.717, 1.165) is 16.4 Å². The molecule has 7 nitrogen and oxygen atoms in total. The van der Waals surface area contributed by atoms with Crippen LogP contribution in [0.1, 0.15) is 16.2 Å². The van der Waals surface area contributed by atoms with Crippen molar-refractivity contribution in [3.63, 3.8) is 0 Å². The summed E-state index contributed by atoms with van der Waals surface area (Å²) in [4.78, 5) is 12.3. The second-order valence-corrected chi connectivity index (χ2v) is 6.40. The summed E-state index contributed by atoms with van der Waals surface area (Å²) in [6.07, 6.45) is 0. The fourth-order valence-corrected chi connectivity index (χ4v) is 3.11. The Morgan fingerprint density at radius 3 is 2.69 bits per heavy atom. The highest BCUT2D eigenvalue weighted by atomic mass is 16.5. The summed E-state index contributed by atoms with van der Waals surface area (Å²) in [5.41, 5.74) is 1.71. The summed E-state index contributed by atoms with van der Waals surface area (Å²) in [5, 5.41) is 5.66. The number of carbonyl (C=O) groups is 1. The molecule has 0 fully saturated rings. The number of furan rings is 2. The van der Waals surface area contributed by atoms with E-state index in [4.69, 9.17) is 22.8 Å². The number of nitrogens with zero attached hydrogens (tertiary/aromatic N) is 1. The number of ether oxygens (including phenoxy) is 2. The highest BCUT2D eigenvalue weighted by Gasteiger charge is 2.18. The number of rotatable bonds is 5. The van der Waals surface area contributed by atoms with Gasteiger partial charge in [0, 0.05) is 16.8 Å². The molecule has 144 valence electrons. The molecule has 0 radical (unpaired) electrons. The zero-order chi connectivity index (χ0) is 19.8. The van der Waals surface area contributed by atoms with E-state index in [1.807, 2.05) is 42.5 Å². The molecule has 7 heteroatoms. The molecule has 0 atom stereocenters. The van der Waals surface area contributed by atoms with Crippen LogP contribution in [0.2, 0.25) is 0 Å². The molecule has 0 aliphatic rings. The molecule has 0 unspecified atom stereocenters. The van der Waals surface area contributed by atoms with Crippen LogP contribution in [0.4, 0.5) is 0 Å². The fourth-order valence-electron chi connectivity index (χ4n) is 3.11. The number of hydrogen-bond acceptors (Lipinski definition) is 7. The van der Waals surface area contributed by atoms with Gasteiger partial charge in [0.05, 0.1) is 7.11 Å². The van der Waals surface area contributed by atoms with Crippen molar-refractivity contribution in [3.8, 4) is 17.3 Å². The first-order valence-corrected chi connectivity index (χ1v) is 8.89. The molecule has 0 N–H and O–H groups in total. The summed E-state index contributed by atoms with van der Waals surface area (Å²) in [7, 11) is 1.54. The molecular formula is C22H15NO6. The molecule has 3 aromatic heterocycles. The van der Waals surface area contributed by atoms with Crippen LogP contribution in [0.25, 0.3) is 33.5 Å². The Labute approximate surface area is 164 Å². The van der Waals surface area contributed by atoms with Gasteiger partial charge in [-0.25, -0.2) is 4.79 Å². The first-order chi connectivity index (χ1) is 14.2. The summed E-state index contributed by atoms with van der Waals surface area (Å²) in [6, 6.07) is 18.2. The van der Waals surface area contributed by atoms with Crippen LogP contribution >= 0.6 is 0 Å². The van der Waals surface area contributed by atoms with Gasteiger partial charge < -0.3 is 22.8 Å². The average molecular weight is 389 g/mol. The van der Waals surface area contributed by atoms with E-state index in [1.54, 1.807) is 25.3 Å². The van der Waals surface area contributed by atoms with E-state index < -0.39 is 5.97 Å². The van der Waals surface area contributed by atoms with Crippen LogP contribution in [-0.2, 0) is 11.3 Å². The monoisotopic (exact) mass is 389 g/mol. The lowest BCUT2D eigenvalue weighted by Gasteiger charge is -1.99. The van der Waals surface area contributed by atoms with E-state index in [0.29, 0.717) is 28.5 Å². The predicted molar refractivity (Wildman–Crippen MR) is 104 cm³/mol. The van der Waals surface area contributed by atoms with Gasteiger partial charge in [-0.3, -0.25) is 0 Å². The third-order valence-electron chi connectivity index (χ3n) is 4.51. The average Bonchev–Trinajstić information content (AvgIpc) is 3.48. The van der Waals surface area contributed by atoms with Crippen LogP contribution in [0.3, 0.4) is 0 Å². The van der Waals surface area contributed by atoms with Crippen molar-refractivity contribution >= 4 is 27.9 Å². The normalized spacial score (nSPS) is 11.2. The molecule has 0 spiro atoms. The minimum atomic E-state index is -0.600. The van der Waals surface area contributed by atoms with Crippen molar-refractivity contribution in [2.45, 2.75) is 6.61 Å². The second kappa shape index (κ2) is 6.87. The molecular weight excluding hydrogens is 374 g/mol. The molecule has 0 aliphatic heterocycles. The van der Waals surface area contributed by atoms with Crippen molar-refractivity contribution in [2.75, 3.05) is 7.11 Å². The van der Waals surface area contributed by atoms with Gasteiger partial charge >= 0.3 is 5.97 Å². The second-order valence-electron chi connectivity index (χ2n) is 6.40. The zero-order valence-electron chi connectivity index (χ0n) is 15.4. The standard InChI is InChI=1S/C22H15NO6/c1-25-17-8-4-6-14-10-20(28-21(14)17)22(24)26-12-15-11-19(29-23-15)18-9-13-5-2-3-7-16(13)27-18/h2-11H,12H2,1H3. The molecule has 5 aromatic rings. The third kappa shape index (κ3) is 3.12. The molecule has 0 amide bonds. The highest BCUT2D eigenvalue weighted by molar-refractivity contribution is 5.94. The third-order valence-corrected chi connectivity index (χ3v) is 4.51. The number of esters is 1. The SMILES string of the molecule is COc1cccc2cc(C(=O)OCc3cc(-c4cc5ccccc5o4)on3)oc12. The fraction of sp³-hybridized carbons (Fsp3) is 0.0909. The van der Waals surface area contributed by atoms with Gasteiger partial charge in [0.2, 0.25) is 11.5 Å². The molecule has 2 aromatic carbocycles. The van der Waals surface area contributed by atoms with Crippen molar-refractivity contribution in [1.29, 1.82) is 0 Å². The Kier molecular flexibility index (Phi) is 4.05. The van der Waals surface area contributed by atoms with Gasteiger partial charge in [0.1, 0.15) is 17.9 Å². The van der Waals surface area contributed by atoms with Crippen LogP contribution < -0.4 is 4.74 Å².